The molecule has 0 bridgehead atoms. The molecule has 180 valence electrons. The summed E-state index contributed by atoms with van der Waals surface area (Å²) in [7, 11) is 0. The van der Waals surface area contributed by atoms with Crippen molar-refractivity contribution < 1.29 is 13.9 Å². The number of nitrogens with one attached hydrogen (secondary N) is 2. The fraction of sp³-hybridized carbons (Fsp3) is 0.250. The molecule has 0 radical (unpaired) electrons. The number of amides is 1. The third-order valence-corrected chi connectivity index (χ3v) is 5.93. The summed E-state index contributed by atoms with van der Waals surface area (Å²) < 4.78 is 11.7. The number of ether oxygens (including phenoxy) is 1. The molecule has 1 amide bonds. The average Bonchev–Trinajstić information content (AvgIpc) is 3.28. The molecule has 7 heteroatoms. The smallest absolute Gasteiger partial charge is 0.257 e. The molecule has 6 nitrogen and oxygen atoms in total. The van der Waals surface area contributed by atoms with Crippen molar-refractivity contribution in [3.63, 3.8) is 0 Å². The van der Waals surface area contributed by atoms with Crippen molar-refractivity contribution in [2.24, 2.45) is 0 Å². The van der Waals surface area contributed by atoms with E-state index in [1.54, 1.807) is 24.3 Å². The zero-order valence-electron chi connectivity index (χ0n) is 20.3. The zero-order valence-corrected chi connectivity index (χ0v) is 21.1. The Labute approximate surface area is 210 Å². The Morgan fingerprint density at radius 2 is 1.74 bits per heavy atom. The fourth-order valence-corrected chi connectivity index (χ4v) is 3.67. The molecule has 0 fully saturated rings. The summed E-state index contributed by atoms with van der Waals surface area (Å²) in [6.07, 6.45) is 1.04. The second kappa shape index (κ2) is 10.7. The van der Waals surface area contributed by atoms with Crippen molar-refractivity contribution >= 4 is 40.0 Å². The number of benzene rings is 3. The van der Waals surface area contributed by atoms with Gasteiger partial charge in [0.05, 0.1) is 6.10 Å². The lowest BCUT2D eigenvalue weighted by molar-refractivity contribution is 0.0977. The maximum atomic E-state index is 12.5. The summed E-state index contributed by atoms with van der Waals surface area (Å²) in [5.74, 6) is 1.43. The highest BCUT2D eigenvalue weighted by atomic mass is 32.1. The van der Waals surface area contributed by atoms with Gasteiger partial charge in [0.25, 0.3) is 5.91 Å². The first-order valence-electron chi connectivity index (χ1n) is 11.7. The van der Waals surface area contributed by atoms with Gasteiger partial charge in [0.15, 0.2) is 10.7 Å². The summed E-state index contributed by atoms with van der Waals surface area (Å²) in [6, 6.07) is 20.6. The maximum absolute atomic E-state index is 12.5. The number of carbonyl (C=O) groups excluding carboxylic acids is 1. The van der Waals surface area contributed by atoms with E-state index in [1.165, 1.54) is 5.56 Å². The molecule has 0 aliphatic heterocycles. The van der Waals surface area contributed by atoms with Crippen LogP contribution in [0.4, 0.5) is 5.69 Å². The van der Waals surface area contributed by atoms with Gasteiger partial charge in [-0.3, -0.25) is 10.1 Å². The minimum absolute atomic E-state index is 0.123. The van der Waals surface area contributed by atoms with Crippen LogP contribution in [-0.4, -0.2) is 22.1 Å². The summed E-state index contributed by atoms with van der Waals surface area (Å²) in [4.78, 5) is 17.2. The molecule has 4 aromatic rings. The number of anilines is 1. The molecular weight excluding hydrogens is 458 g/mol. The second-order valence-electron chi connectivity index (χ2n) is 8.75. The normalized spacial score (nSPS) is 11.9. The molecule has 0 spiro atoms. The van der Waals surface area contributed by atoms with Crippen molar-refractivity contribution in [1.29, 1.82) is 0 Å². The van der Waals surface area contributed by atoms with E-state index in [0.29, 0.717) is 17.4 Å². The van der Waals surface area contributed by atoms with Gasteiger partial charge in [0.2, 0.25) is 5.89 Å². The molecule has 0 saturated carbocycles. The third-order valence-electron chi connectivity index (χ3n) is 5.72. The molecule has 1 heterocycles. The van der Waals surface area contributed by atoms with Gasteiger partial charge in [-0.25, -0.2) is 4.98 Å². The number of oxazole rings is 1. The lowest BCUT2D eigenvalue weighted by atomic mass is 10.0. The third kappa shape index (κ3) is 6.05. The number of aromatic nitrogens is 1. The van der Waals surface area contributed by atoms with Crippen LogP contribution in [0.2, 0.25) is 0 Å². The van der Waals surface area contributed by atoms with Gasteiger partial charge >= 0.3 is 0 Å². The lowest BCUT2D eigenvalue weighted by Gasteiger charge is -2.13. The number of hydrogen-bond donors (Lipinski definition) is 2. The highest BCUT2D eigenvalue weighted by Gasteiger charge is 2.12. The van der Waals surface area contributed by atoms with E-state index >= 15 is 0 Å². The Kier molecular flexibility index (Phi) is 7.46. The highest BCUT2D eigenvalue weighted by molar-refractivity contribution is 7.80. The van der Waals surface area contributed by atoms with Crippen LogP contribution in [0.15, 0.2) is 71.1 Å². The fourth-order valence-electron chi connectivity index (χ4n) is 3.46. The van der Waals surface area contributed by atoms with Crippen LogP contribution in [0.1, 0.15) is 56.0 Å². The number of thiocarbonyl (C=S) groups is 1. The summed E-state index contributed by atoms with van der Waals surface area (Å²) in [6.45, 7) is 8.37. The van der Waals surface area contributed by atoms with Gasteiger partial charge in [0, 0.05) is 16.8 Å². The topological polar surface area (TPSA) is 76.4 Å². The van der Waals surface area contributed by atoms with E-state index in [1.807, 2.05) is 37.3 Å². The van der Waals surface area contributed by atoms with Crippen LogP contribution in [0.3, 0.4) is 0 Å². The molecule has 35 heavy (non-hydrogen) atoms. The van der Waals surface area contributed by atoms with E-state index in [0.717, 1.165) is 34.5 Å². The van der Waals surface area contributed by atoms with E-state index in [9.17, 15) is 4.79 Å². The van der Waals surface area contributed by atoms with Crippen LogP contribution in [0, 0.1) is 0 Å². The first-order chi connectivity index (χ1) is 16.8. The van der Waals surface area contributed by atoms with E-state index in [2.05, 4.69) is 48.5 Å². The monoisotopic (exact) mass is 487 g/mol. The predicted molar refractivity (Wildman–Crippen MR) is 144 cm³/mol. The van der Waals surface area contributed by atoms with Crippen molar-refractivity contribution in [1.82, 2.24) is 10.3 Å². The van der Waals surface area contributed by atoms with Gasteiger partial charge in [-0.15, -0.1) is 0 Å². The Morgan fingerprint density at radius 3 is 2.40 bits per heavy atom. The lowest BCUT2D eigenvalue weighted by Crippen LogP contribution is -2.34. The molecule has 0 saturated heterocycles. The van der Waals surface area contributed by atoms with E-state index in [-0.39, 0.29) is 17.1 Å². The molecule has 3 aromatic carbocycles. The molecule has 1 atom stereocenters. The molecule has 1 aromatic heterocycles. The number of fused-ring (bicyclic) bond motifs is 1. The van der Waals surface area contributed by atoms with Gasteiger partial charge < -0.3 is 14.5 Å². The van der Waals surface area contributed by atoms with Crippen LogP contribution in [-0.2, 0) is 0 Å². The Hall–Kier alpha value is -3.71. The quantitative estimate of drug-likeness (QED) is 0.276. The van der Waals surface area contributed by atoms with Crippen LogP contribution < -0.4 is 15.4 Å². The number of nitrogens with zero attached hydrogens (tertiary/aromatic N) is 1. The van der Waals surface area contributed by atoms with Crippen LogP contribution >= 0.6 is 12.2 Å². The predicted octanol–water partition coefficient (Wildman–Crippen LogP) is 6.92. The van der Waals surface area contributed by atoms with E-state index < -0.39 is 0 Å². The largest absolute Gasteiger partial charge is 0.491 e. The SMILES string of the molecule is CC[C@@H](C)Oc1ccc(C(=O)NC(=S)Nc2ccc(-c3nc4cc(C(C)C)ccc4o3)cc2)cc1. The van der Waals surface area contributed by atoms with Gasteiger partial charge in [-0.05, 0) is 97.7 Å². The van der Waals surface area contributed by atoms with Gasteiger partial charge in [0.1, 0.15) is 11.3 Å². The minimum Gasteiger partial charge on any atom is -0.491 e. The molecule has 0 aliphatic carbocycles. The first-order valence-corrected chi connectivity index (χ1v) is 12.1. The van der Waals surface area contributed by atoms with Crippen molar-refractivity contribution in [3.05, 3.63) is 77.9 Å². The standard InChI is InChI=1S/C28H29N3O3S/c1-5-18(4)33-23-13-8-19(9-14-23)26(32)31-28(35)29-22-11-6-20(7-12-22)27-30-24-16-21(17(2)3)10-15-25(24)34-27/h6-18H,5H2,1-4H3,(H2,29,31,32,35)/t18-/m1/s1. The molecule has 4 rings (SSSR count). The van der Waals surface area contributed by atoms with Crippen molar-refractivity contribution in [2.45, 2.75) is 46.1 Å². The average molecular weight is 488 g/mol. The van der Waals surface area contributed by atoms with Gasteiger partial charge in [-0.2, -0.15) is 0 Å². The zero-order chi connectivity index (χ0) is 24.9. The molecular formula is C28H29N3O3S. The van der Waals surface area contributed by atoms with Crippen molar-refractivity contribution in [2.75, 3.05) is 5.32 Å². The number of rotatable bonds is 7. The summed E-state index contributed by atoms with van der Waals surface area (Å²) in [5.41, 5.74) is 4.93. The molecule has 0 unspecified atom stereocenters. The van der Waals surface area contributed by atoms with Crippen LogP contribution in [0.5, 0.6) is 5.75 Å². The minimum atomic E-state index is -0.290. The summed E-state index contributed by atoms with van der Waals surface area (Å²) in [5, 5.41) is 5.95. The Bertz CT molecular complexity index is 1330. The Morgan fingerprint density at radius 1 is 1.03 bits per heavy atom. The highest BCUT2D eigenvalue weighted by Crippen LogP contribution is 2.27. The molecule has 2 N–H and O–H groups in total. The number of carbonyl (C=O) groups is 1. The summed E-state index contributed by atoms with van der Waals surface area (Å²) >= 11 is 5.32. The Balaban J connectivity index is 1.36. The molecule has 0 aliphatic rings. The van der Waals surface area contributed by atoms with E-state index in [4.69, 9.17) is 21.4 Å². The number of hydrogen-bond acceptors (Lipinski definition) is 5. The first kappa shape index (κ1) is 24.4. The van der Waals surface area contributed by atoms with Crippen molar-refractivity contribution in [3.8, 4) is 17.2 Å². The van der Waals surface area contributed by atoms with Crippen LogP contribution in [0.25, 0.3) is 22.6 Å². The maximum Gasteiger partial charge on any atom is 0.257 e. The second-order valence-corrected chi connectivity index (χ2v) is 9.16. The van der Waals surface area contributed by atoms with Gasteiger partial charge in [-0.1, -0.05) is 26.8 Å².